The van der Waals surface area contributed by atoms with Gasteiger partial charge in [-0.05, 0) is 30.2 Å². The lowest BCUT2D eigenvalue weighted by atomic mass is 9.86. The van der Waals surface area contributed by atoms with Crippen LogP contribution in [-0.4, -0.2) is 27.6 Å². The molecule has 0 radical (unpaired) electrons. The molecule has 3 rings (SSSR count). The summed E-state index contributed by atoms with van der Waals surface area (Å²) >= 11 is 0. The number of amides is 2. The highest BCUT2D eigenvalue weighted by molar-refractivity contribution is 6.06. The molecule has 0 saturated heterocycles. The molecule has 0 aliphatic heterocycles. The van der Waals surface area contributed by atoms with E-state index in [1.807, 2.05) is 49.7 Å². The van der Waals surface area contributed by atoms with Gasteiger partial charge in [0.2, 0.25) is 5.91 Å². The molecule has 1 saturated carbocycles. The number of benzene rings is 1. The lowest BCUT2D eigenvalue weighted by molar-refractivity contribution is -0.122. The summed E-state index contributed by atoms with van der Waals surface area (Å²) in [5.74, 6) is -0.299. The highest BCUT2D eigenvalue weighted by Gasteiger charge is 2.32. The number of carbonyl (C=O) groups excluding carboxylic acids is 2. The number of fused-ring (bicyclic) bond motifs is 1. The number of aromatic nitrogens is 2. The van der Waals surface area contributed by atoms with Crippen molar-refractivity contribution in [2.24, 2.45) is 17.1 Å². The predicted octanol–water partition coefficient (Wildman–Crippen LogP) is 3.64. The molecule has 1 aromatic heterocycles. The zero-order chi connectivity index (χ0) is 20.3. The van der Waals surface area contributed by atoms with Crippen LogP contribution in [0.5, 0.6) is 0 Å². The molecule has 6 heteroatoms. The number of hydrogen-bond acceptors (Lipinski definition) is 3. The summed E-state index contributed by atoms with van der Waals surface area (Å²) in [5, 5.41) is 8.27. The number of hydrogen-bond donors (Lipinski definition) is 2. The van der Waals surface area contributed by atoms with Gasteiger partial charge in [0.25, 0.3) is 5.91 Å². The minimum atomic E-state index is -0.759. The summed E-state index contributed by atoms with van der Waals surface area (Å²) in [6, 6.07) is 7.04. The maximum absolute atomic E-state index is 13.0. The molecule has 0 unspecified atom stereocenters. The first-order chi connectivity index (χ1) is 13.3. The van der Waals surface area contributed by atoms with Crippen LogP contribution < -0.4 is 11.1 Å². The molecule has 6 nitrogen and oxygen atoms in total. The Morgan fingerprint density at radius 3 is 2.43 bits per heavy atom. The number of rotatable bonds is 5. The quantitative estimate of drug-likeness (QED) is 0.771. The Bertz CT molecular complexity index is 842. The van der Waals surface area contributed by atoms with Gasteiger partial charge in [-0.1, -0.05) is 64.7 Å². The van der Waals surface area contributed by atoms with Crippen LogP contribution in [0, 0.1) is 11.3 Å². The van der Waals surface area contributed by atoms with Crippen LogP contribution in [0.2, 0.25) is 0 Å². The molecule has 2 amide bonds. The van der Waals surface area contributed by atoms with E-state index in [2.05, 4.69) is 10.4 Å². The Morgan fingerprint density at radius 1 is 1.18 bits per heavy atom. The first kappa shape index (κ1) is 20.4. The molecule has 0 bridgehead atoms. The van der Waals surface area contributed by atoms with E-state index in [-0.39, 0.29) is 5.91 Å². The summed E-state index contributed by atoms with van der Waals surface area (Å²) in [4.78, 5) is 24.8. The summed E-state index contributed by atoms with van der Waals surface area (Å²) in [6.07, 6.45) is 7.58. The third-order valence-corrected chi connectivity index (χ3v) is 5.70. The summed E-state index contributed by atoms with van der Waals surface area (Å²) < 4.78 is 1.97. The molecular weight excluding hydrogens is 352 g/mol. The molecule has 0 spiro atoms. The number of carbonyl (C=O) groups is 2. The number of para-hydroxylation sites is 1. The summed E-state index contributed by atoms with van der Waals surface area (Å²) in [5.41, 5.74) is 6.38. The fourth-order valence-corrected chi connectivity index (χ4v) is 4.14. The molecule has 1 heterocycles. The Balaban J connectivity index is 1.89. The summed E-state index contributed by atoms with van der Waals surface area (Å²) in [6.45, 7) is 6.47. The van der Waals surface area contributed by atoms with E-state index in [1.54, 1.807) is 0 Å². The van der Waals surface area contributed by atoms with Crippen molar-refractivity contribution in [1.29, 1.82) is 0 Å². The lowest BCUT2D eigenvalue weighted by Crippen LogP contribution is -2.52. The molecule has 1 fully saturated rings. The normalized spacial score (nSPS) is 17.2. The topological polar surface area (TPSA) is 90.0 Å². The number of nitrogens with one attached hydrogen (secondary N) is 1. The van der Waals surface area contributed by atoms with Gasteiger partial charge in [0.05, 0.1) is 5.52 Å². The molecular formula is C22H32N4O2. The first-order valence-electron chi connectivity index (χ1n) is 10.3. The van der Waals surface area contributed by atoms with E-state index in [0.29, 0.717) is 11.6 Å². The van der Waals surface area contributed by atoms with Gasteiger partial charge in [0, 0.05) is 11.9 Å². The molecule has 28 heavy (non-hydrogen) atoms. The molecule has 1 aromatic carbocycles. The number of nitrogens with two attached hydrogens (primary N) is 1. The molecule has 152 valence electrons. The smallest absolute Gasteiger partial charge is 0.273 e. The van der Waals surface area contributed by atoms with Crippen LogP contribution in [0.15, 0.2) is 24.3 Å². The third-order valence-electron chi connectivity index (χ3n) is 5.70. The van der Waals surface area contributed by atoms with Gasteiger partial charge in [0.1, 0.15) is 6.04 Å². The average molecular weight is 385 g/mol. The van der Waals surface area contributed by atoms with Crippen LogP contribution in [-0.2, 0) is 11.3 Å². The van der Waals surface area contributed by atoms with E-state index < -0.39 is 17.4 Å². The Morgan fingerprint density at radius 2 is 1.82 bits per heavy atom. The Kier molecular flexibility index (Phi) is 6.06. The fourth-order valence-electron chi connectivity index (χ4n) is 4.14. The van der Waals surface area contributed by atoms with Crippen molar-refractivity contribution in [3.05, 3.63) is 30.0 Å². The maximum atomic E-state index is 13.0. The SMILES string of the molecule is CC(C)(C)[C@H](NC(=O)c1nn(CC2CCCCCC2)c2ccccc12)C(N)=O. The molecule has 3 N–H and O–H groups in total. The van der Waals surface area contributed by atoms with Gasteiger partial charge in [-0.2, -0.15) is 5.10 Å². The summed E-state index contributed by atoms with van der Waals surface area (Å²) in [7, 11) is 0. The van der Waals surface area contributed by atoms with Gasteiger partial charge in [-0.3, -0.25) is 14.3 Å². The van der Waals surface area contributed by atoms with Crippen LogP contribution in [0.1, 0.15) is 69.8 Å². The second kappa shape index (κ2) is 8.33. The maximum Gasteiger partial charge on any atom is 0.273 e. The van der Waals surface area contributed by atoms with Crippen molar-refractivity contribution in [3.63, 3.8) is 0 Å². The van der Waals surface area contributed by atoms with Crippen molar-refractivity contribution in [2.75, 3.05) is 0 Å². The zero-order valence-corrected chi connectivity index (χ0v) is 17.2. The average Bonchev–Trinajstić information content (AvgIpc) is 2.80. The lowest BCUT2D eigenvalue weighted by Gasteiger charge is -2.28. The van der Waals surface area contributed by atoms with Crippen molar-refractivity contribution in [2.45, 2.75) is 71.9 Å². The number of primary amides is 1. The fraction of sp³-hybridized carbons (Fsp3) is 0.591. The van der Waals surface area contributed by atoms with Crippen molar-refractivity contribution < 1.29 is 9.59 Å². The van der Waals surface area contributed by atoms with Gasteiger partial charge in [-0.25, -0.2) is 0 Å². The van der Waals surface area contributed by atoms with Gasteiger partial charge in [-0.15, -0.1) is 0 Å². The third kappa shape index (κ3) is 4.54. The van der Waals surface area contributed by atoms with E-state index in [1.165, 1.54) is 38.5 Å². The highest BCUT2D eigenvalue weighted by Crippen LogP contribution is 2.27. The van der Waals surface area contributed by atoms with E-state index in [9.17, 15) is 9.59 Å². The van der Waals surface area contributed by atoms with Crippen LogP contribution in [0.25, 0.3) is 10.9 Å². The van der Waals surface area contributed by atoms with E-state index in [0.717, 1.165) is 17.4 Å². The Hall–Kier alpha value is -2.37. The van der Waals surface area contributed by atoms with Crippen molar-refractivity contribution in [1.82, 2.24) is 15.1 Å². The number of nitrogens with zero attached hydrogens (tertiary/aromatic N) is 2. The standard InChI is InChI=1S/C22H32N4O2/c1-22(2,3)19(20(23)27)24-21(28)18-16-12-8-9-13-17(16)26(25-18)14-15-10-6-4-5-7-11-15/h8-9,12-13,15,19H,4-7,10-11,14H2,1-3H3,(H2,23,27)(H,24,28)/t19-/m1/s1. The van der Waals surface area contributed by atoms with Crippen LogP contribution in [0.3, 0.4) is 0 Å². The predicted molar refractivity (Wildman–Crippen MR) is 111 cm³/mol. The van der Waals surface area contributed by atoms with Crippen molar-refractivity contribution in [3.8, 4) is 0 Å². The highest BCUT2D eigenvalue weighted by atomic mass is 16.2. The first-order valence-corrected chi connectivity index (χ1v) is 10.3. The zero-order valence-electron chi connectivity index (χ0n) is 17.2. The second-order valence-corrected chi connectivity index (χ2v) is 9.08. The molecule has 2 aromatic rings. The van der Waals surface area contributed by atoms with Gasteiger partial charge >= 0.3 is 0 Å². The monoisotopic (exact) mass is 384 g/mol. The second-order valence-electron chi connectivity index (χ2n) is 9.08. The minimum Gasteiger partial charge on any atom is -0.368 e. The minimum absolute atomic E-state index is 0.352. The van der Waals surface area contributed by atoms with Crippen molar-refractivity contribution >= 4 is 22.7 Å². The largest absolute Gasteiger partial charge is 0.368 e. The molecule has 1 aliphatic carbocycles. The molecule has 1 aliphatic rings. The van der Waals surface area contributed by atoms with Crippen LogP contribution >= 0.6 is 0 Å². The van der Waals surface area contributed by atoms with E-state index in [4.69, 9.17) is 5.73 Å². The van der Waals surface area contributed by atoms with E-state index >= 15 is 0 Å². The van der Waals surface area contributed by atoms with Gasteiger partial charge < -0.3 is 11.1 Å². The molecule has 1 atom stereocenters. The van der Waals surface area contributed by atoms with Crippen LogP contribution in [0.4, 0.5) is 0 Å². The van der Waals surface area contributed by atoms with Gasteiger partial charge in [0.15, 0.2) is 5.69 Å². The Labute approximate surface area is 166 Å².